The molecule has 0 radical (unpaired) electrons. The fourth-order valence-corrected chi connectivity index (χ4v) is 2.52. The molecule has 0 unspecified atom stereocenters. The van der Waals surface area contributed by atoms with Gasteiger partial charge in [0.25, 0.3) is 0 Å². The SMILES string of the molecule is CC(C)NCc1ccncc1N1CCC(C)(C)CC1. The highest BCUT2D eigenvalue weighted by Crippen LogP contribution is 2.33. The Hall–Kier alpha value is -1.09. The summed E-state index contributed by atoms with van der Waals surface area (Å²) in [5.41, 5.74) is 3.17. The molecule has 1 fully saturated rings. The molecule has 2 heterocycles. The average Bonchev–Trinajstić information content (AvgIpc) is 2.37. The zero-order valence-corrected chi connectivity index (χ0v) is 12.7. The van der Waals surface area contributed by atoms with Crippen molar-refractivity contribution >= 4 is 5.69 Å². The summed E-state index contributed by atoms with van der Waals surface area (Å²) in [6.45, 7) is 12.3. The first kappa shape index (κ1) is 14.3. The average molecular weight is 261 g/mol. The molecule has 0 aromatic carbocycles. The van der Waals surface area contributed by atoms with Crippen molar-refractivity contribution in [1.29, 1.82) is 0 Å². The maximum absolute atomic E-state index is 4.31. The number of aromatic nitrogens is 1. The van der Waals surface area contributed by atoms with Crippen molar-refractivity contribution in [2.75, 3.05) is 18.0 Å². The van der Waals surface area contributed by atoms with E-state index in [9.17, 15) is 0 Å². The van der Waals surface area contributed by atoms with Gasteiger partial charge in [0.15, 0.2) is 0 Å². The van der Waals surface area contributed by atoms with E-state index in [1.54, 1.807) is 0 Å². The molecule has 1 aromatic rings. The zero-order valence-electron chi connectivity index (χ0n) is 12.7. The summed E-state index contributed by atoms with van der Waals surface area (Å²) in [6, 6.07) is 2.66. The van der Waals surface area contributed by atoms with Gasteiger partial charge in [-0.25, -0.2) is 0 Å². The van der Waals surface area contributed by atoms with Gasteiger partial charge < -0.3 is 10.2 Å². The van der Waals surface area contributed by atoms with E-state index >= 15 is 0 Å². The van der Waals surface area contributed by atoms with Crippen molar-refractivity contribution in [3.05, 3.63) is 24.0 Å². The highest BCUT2D eigenvalue weighted by Gasteiger charge is 2.26. The second-order valence-corrected chi connectivity index (χ2v) is 6.69. The molecule has 0 amide bonds. The Kier molecular flexibility index (Phi) is 4.46. The molecular weight excluding hydrogens is 234 g/mol. The Bertz CT molecular complexity index is 402. The summed E-state index contributed by atoms with van der Waals surface area (Å²) in [5, 5.41) is 3.50. The molecule has 0 aliphatic carbocycles. The van der Waals surface area contributed by atoms with E-state index in [0.29, 0.717) is 11.5 Å². The monoisotopic (exact) mass is 261 g/mol. The highest BCUT2D eigenvalue weighted by molar-refractivity contribution is 5.52. The number of nitrogens with zero attached hydrogens (tertiary/aromatic N) is 2. The number of piperidine rings is 1. The minimum absolute atomic E-state index is 0.495. The molecule has 1 saturated heterocycles. The quantitative estimate of drug-likeness (QED) is 0.902. The molecule has 3 nitrogen and oxygen atoms in total. The fraction of sp³-hybridized carbons (Fsp3) is 0.688. The van der Waals surface area contributed by atoms with Crippen LogP contribution in [0.4, 0.5) is 5.69 Å². The molecule has 19 heavy (non-hydrogen) atoms. The van der Waals surface area contributed by atoms with E-state index in [4.69, 9.17) is 0 Å². The number of anilines is 1. The number of hydrogen-bond acceptors (Lipinski definition) is 3. The number of rotatable bonds is 4. The largest absolute Gasteiger partial charge is 0.370 e. The van der Waals surface area contributed by atoms with Crippen molar-refractivity contribution in [3.63, 3.8) is 0 Å². The Morgan fingerprint density at radius 1 is 1.32 bits per heavy atom. The van der Waals surface area contributed by atoms with Crippen molar-refractivity contribution in [2.24, 2.45) is 5.41 Å². The minimum Gasteiger partial charge on any atom is -0.370 e. The van der Waals surface area contributed by atoms with Gasteiger partial charge in [-0.3, -0.25) is 4.98 Å². The molecule has 1 aromatic heterocycles. The van der Waals surface area contributed by atoms with E-state index in [0.717, 1.165) is 19.6 Å². The first-order valence-corrected chi connectivity index (χ1v) is 7.39. The predicted octanol–water partition coefficient (Wildman–Crippen LogP) is 3.21. The van der Waals surface area contributed by atoms with Gasteiger partial charge in [0.1, 0.15) is 0 Å². The lowest BCUT2D eigenvalue weighted by molar-refractivity contribution is 0.279. The zero-order chi connectivity index (χ0) is 13.9. The smallest absolute Gasteiger partial charge is 0.0598 e. The van der Waals surface area contributed by atoms with Crippen LogP contribution >= 0.6 is 0 Å². The maximum Gasteiger partial charge on any atom is 0.0598 e. The van der Waals surface area contributed by atoms with Gasteiger partial charge in [-0.05, 0) is 29.9 Å². The number of nitrogens with one attached hydrogen (secondary N) is 1. The summed E-state index contributed by atoms with van der Waals surface area (Å²) < 4.78 is 0. The molecule has 0 saturated carbocycles. The summed E-state index contributed by atoms with van der Waals surface area (Å²) in [5.74, 6) is 0. The minimum atomic E-state index is 0.495. The topological polar surface area (TPSA) is 28.2 Å². The van der Waals surface area contributed by atoms with Crippen LogP contribution in [0.15, 0.2) is 18.5 Å². The van der Waals surface area contributed by atoms with Crippen molar-refractivity contribution < 1.29 is 0 Å². The summed E-state index contributed by atoms with van der Waals surface area (Å²) >= 11 is 0. The van der Waals surface area contributed by atoms with Crippen molar-refractivity contribution in [2.45, 2.75) is 53.1 Å². The lowest BCUT2D eigenvalue weighted by Crippen LogP contribution is -2.38. The van der Waals surface area contributed by atoms with Gasteiger partial charge in [0, 0.05) is 31.9 Å². The second-order valence-electron chi connectivity index (χ2n) is 6.69. The van der Waals surface area contributed by atoms with Gasteiger partial charge in [0.2, 0.25) is 0 Å². The third-order valence-electron chi connectivity index (χ3n) is 4.05. The lowest BCUT2D eigenvalue weighted by Gasteiger charge is -2.38. The van der Waals surface area contributed by atoms with Crippen LogP contribution in [0.2, 0.25) is 0 Å². The highest BCUT2D eigenvalue weighted by atomic mass is 15.1. The summed E-state index contributed by atoms with van der Waals surface area (Å²) in [4.78, 5) is 6.81. The van der Waals surface area contributed by atoms with Crippen LogP contribution in [-0.2, 0) is 6.54 Å². The Balaban J connectivity index is 2.07. The standard InChI is InChI=1S/C16H27N3/c1-13(2)18-11-14-5-8-17-12-15(14)19-9-6-16(3,4)7-10-19/h5,8,12-13,18H,6-7,9-11H2,1-4H3. The molecule has 2 rings (SSSR count). The predicted molar refractivity (Wildman–Crippen MR) is 81.4 cm³/mol. The fourth-order valence-electron chi connectivity index (χ4n) is 2.52. The Labute approximate surface area is 117 Å². The van der Waals surface area contributed by atoms with E-state index in [-0.39, 0.29) is 0 Å². The molecular formula is C16H27N3. The van der Waals surface area contributed by atoms with Crippen LogP contribution < -0.4 is 10.2 Å². The van der Waals surface area contributed by atoms with Gasteiger partial charge in [-0.2, -0.15) is 0 Å². The van der Waals surface area contributed by atoms with E-state index in [2.05, 4.69) is 49.0 Å². The molecule has 0 bridgehead atoms. The van der Waals surface area contributed by atoms with Crippen LogP contribution in [0.3, 0.4) is 0 Å². The molecule has 0 atom stereocenters. The van der Waals surface area contributed by atoms with Gasteiger partial charge in [-0.1, -0.05) is 27.7 Å². The first-order valence-electron chi connectivity index (χ1n) is 7.39. The lowest BCUT2D eigenvalue weighted by atomic mass is 9.82. The Morgan fingerprint density at radius 2 is 2.00 bits per heavy atom. The third kappa shape index (κ3) is 3.93. The third-order valence-corrected chi connectivity index (χ3v) is 4.05. The Morgan fingerprint density at radius 3 is 2.63 bits per heavy atom. The normalized spacial score (nSPS) is 18.9. The van der Waals surface area contributed by atoms with Crippen molar-refractivity contribution in [1.82, 2.24) is 10.3 Å². The van der Waals surface area contributed by atoms with Crippen LogP contribution in [0.1, 0.15) is 46.1 Å². The molecule has 0 spiro atoms. The summed E-state index contributed by atoms with van der Waals surface area (Å²) in [6.07, 6.45) is 6.45. The molecule has 3 heteroatoms. The molecule has 106 valence electrons. The van der Waals surface area contributed by atoms with Gasteiger partial charge >= 0.3 is 0 Å². The number of pyridine rings is 1. The van der Waals surface area contributed by atoms with Gasteiger partial charge in [-0.15, -0.1) is 0 Å². The maximum atomic E-state index is 4.31. The van der Waals surface area contributed by atoms with Crippen molar-refractivity contribution in [3.8, 4) is 0 Å². The van der Waals surface area contributed by atoms with Crippen LogP contribution in [-0.4, -0.2) is 24.1 Å². The van der Waals surface area contributed by atoms with Crippen LogP contribution in [0.5, 0.6) is 0 Å². The molecule has 1 N–H and O–H groups in total. The van der Waals surface area contributed by atoms with Crippen LogP contribution in [0.25, 0.3) is 0 Å². The van der Waals surface area contributed by atoms with Crippen LogP contribution in [0, 0.1) is 5.41 Å². The summed E-state index contributed by atoms with van der Waals surface area (Å²) in [7, 11) is 0. The molecule has 1 aliphatic heterocycles. The number of hydrogen-bond donors (Lipinski definition) is 1. The van der Waals surface area contributed by atoms with Gasteiger partial charge in [0.05, 0.1) is 11.9 Å². The molecule has 1 aliphatic rings. The van der Waals surface area contributed by atoms with E-state index in [1.165, 1.54) is 24.1 Å². The van der Waals surface area contributed by atoms with E-state index < -0.39 is 0 Å². The van der Waals surface area contributed by atoms with E-state index in [1.807, 2.05) is 12.4 Å². The second kappa shape index (κ2) is 5.91. The first-order chi connectivity index (χ1) is 8.98.